The third-order valence-electron chi connectivity index (χ3n) is 4.32. The SMILES string of the molecule is CCOCC.Nc1nc(-c2ccccn2)nc2scc(C(=O)NCCc3cncnc3)c12. The number of thiophene rings is 1. The zero-order chi connectivity index (χ0) is 22.8. The van der Waals surface area contributed by atoms with E-state index in [0.29, 0.717) is 40.3 Å². The first-order valence-corrected chi connectivity index (χ1v) is 11.1. The van der Waals surface area contributed by atoms with E-state index >= 15 is 0 Å². The van der Waals surface area contributed by atoms with Crippen LogP contribution in [0.4, 0.5) is 5.82 Å². The number of anilines is 1. The average Bonchev–Trinajstić information content (AvgIpc) is 3.26. The van der Waals surface area contributed by atoms with Gasteiger partial charge < -0.3 is 15.8 Å². The van der Waals surface area contributed by atoms with Crippen LogP contribution in [0.3, 0.4) is 0 Å². The molecule has 0 radical (unpaired) electrons. The summed E-state index contributed by atoms with van der Waals surface area (Å²) in [6.45, 7) is 6.14. The number of carbonyl (C=O) groups excluding carboxylic acids is 1. The van der Waals surface area contributed by atoms with Crippen LogP contribution in [-0.2, 0) is 11.2 Å². The second-order valence-corrected chi connectivity index (χ2v) is 7.37. The van der Waals surface area contributed by atoms with E-state index in [1.165, 1.54) is 17.7 Å². The van der Waals surface area contributed by atoms with E-state index in [9.17, 15) is 4.79 Å². The van der Waals surface area contributed by atoms with Crippen LogP contribution in [0, 0.1) is 0 Å². The Bertz CT molecular complexity index is 1140. The first-order chi connectivity index (χ1) is 15.6. The zero-order valence-corrected chi connectivity index (χ0v) is 18.8. The lowest BCUT2D eigenvalue weighted by Gasteiger charge is -2.06. The first-order valence-electron chi connectivity index (χ1n) is 10.2. The summed E-state index contributed by atoms with van der Waals surface area (Å²) in [5, 5.41) is 5.21. The van der Waals surface area contributed by atoms with E-state index in [2.05, 4.69) is 30.2 Å². The van der Waals surface area contributed by atoms with Crippen LogP contribution >= 0.6 is 11.3 Å². The van der Waals surface area contributed by atoms with Crippen LogP contribution in [0.5, 0.6) is 0 Å². The number of hydrogen-bond acceptors (Lipinski definition) is 9. The van der Waals surface area contributed by atoms with Gasteiger partial charge in [-0.3, -0.25) is 9.78 Å². The molecule has 0 saturated heterocycles. The van der Waals surface area contributed by atoms with Gasteiger partial charge >= 0.3 is 0 Å². The second kappa shape index (κ2) is 11.8. The second-order valence-electron chi connectivity index (χ2n) is 6.51. The number of nitrogens with one attached hydrogen (secondary N) is 1. The molecule has 0 aliphatic carbocycles. The van der Waals surface area contributed by atoms with Gasteiger partial charge in [0.1, 0.15) is 22.7 Å². The molecule has 1 amide bonds. The van der Waals surface area contributed by atoms with Crippen LogP contribution in [0.1, 0.15) is 29.8 Å². The van der Waals surface area contributed by atoms with E-state index in [1.54, 1.807) is 24.0 Å². The highest BCUT2D eigenvalue weighted by atomic mass is 32.1. The molecule has 0 saturated carbocycles. The van der Waals surface area contributed by atoms with Gasteiger partial charge in [0.2, 0.25) is 0 Å². The Hall–Kier alpha value is -3.50. The molecule has 0 aliphatic heterocycles. The van der Waals surface area contributed by atoms with Crippen molar-refractivity contribution in [1.82, 2.24) is 30.2 Å². The monoisotopic (exact) mass is 451 g/mol. The summed E-state index contributed by atoms with van der Waals surface area (Å²) in [4.78, 5) is 34.2. The van der Waals surface area contributed by atoms with Crippen LogP contribution in [0.2, 0.25) is 0 Å². The van der Waals surface area contributed by atoms with E-state index < -0.39 is 0 Å². The summed E-state index contributed by atoms with van der Waals surface area (Å²) in [6.07, 6.45) is 7.24. The fourth-order valence-electron chi connectivity index (χ4n) is 2.82. The number of amides is 1. The van der Waals surface area contributed by atoms with Gasteiger partial charge in [-0.2, -0.15) is 0 Å². The standard InChI is InChI=1S/C18H15N7OS.C4H10O/c19-15-14-12(17(26)23-6-4-11-7-20-10-21-8-11)9-27-18(14)25-16(24-15)13-3-1-2-5-22-13;1-3-5-4-2/h1-3,5,7-10H,4,6H2,(H,23,26)(H2,19,24,25);3-4H2,1-2H3. The number of nitrogens with zero attached hydrogens (tertiary/aromatic N) is 5. The molecular formula is C22H25N7O2S. The number of pyridine rings is 1. The third kappa shape index (κ3) is 6.02. The molecule has 10 heteroatoms. The Kier molecular flexibility index (Phi) is 8.52. The summed E-state index contributed by atoms with van der Waals surface area (Å²) in [5.74, 6) is 0.501. The molecule has 0 atom stereocenters. The highest BCUT2D eigenvalue weighted by Crippen LogP contribution is 2.30. The Morgan fingerprint density at radius 2 is 1.94 bits per heavy atom. The Balaban J connectivity index is 0.000000523. The average molecular weight is 452 g/mol. The van der Waals surface area contributed by atoms with Crippen molar-refractivity contribution in [3.8, 4) is 11.5 Å². The minimum absolute atomic E-state index is 0.209. The summed E-state index contributed by atoms with van der Waals surface area (Å²) in [5.41, 5.74) is 8.19. The van der Waals surface area contributed by atoms with E-state index in [1.807, 2.05) is 32.0 Å². The number of carbonyl (C=O) groups is 1. The van der Waals surface area contributed by atoms with E-state index in [-0.39, 0.29) is 11.7 Å². The van der Waals surface area contributed by atoms with Crippen molar-refractivity contribution in [3.05, 3.63) is 59.6 Å². The van der Waals surface area contributed by atoms with Gasteiger partial charge in [-0.1, -0.05) is 6.07 Å². The lowest BCUT2D eigenvalue weighted by atomic mass is 10.2. The molecule has 3 N–H and O–H groups in total. The molecule has 4 heterocycles. The molecular weight excluding hydrogens is 426 g/mol. The van der Waals surface area contributed by atoms with Gasteiger partial charge in [0.25, 0.3) is 5.91 Å². The maximum absolute atomic E-state index is 12.6. The molecule has 4 aromatic rings. The largest absolute Gasteiger partial charge is 0.383 e. The number of nitrogen functional groups attached to an aromatic ring is 1. The number of nitrogens with two attached hydrogens (primary N) is 1. The highest BCUT2D eigenvalue weighted by Gasteiger charge is 2.18. The normalized spacial score (nSPS) is 10.4. The van der Waals surface area contributed by atoms with Crippen molar-refractivity contribution < 1.29 is 9.53 Å². The predicted octanol–water partition coefficient (Wildman–Crippen LogP) is 3.14. The fraction of sp³-hybridized carbons (Fsp3) is 0.273. The number of hydrogen-bond donors (Lipinski definition) is 2. The maximum atomic E-state index is 12.6. The Labute approximate surface area is 190 Å². The minimum atomic E-state index is -0.209. The molecule has 4 aromatic heterocycles. The van der Waals surface area contributed by atoms with Gasteiger partial charge in [-0.05, 0) is 38.0 Å². The van der Waals surface area contributed by atoms with Gasteiger partial charge in [-0.25, -0.2) is 19.9 Å². The highest BCUT2D eigenvalue weighted by molar-refractivity contribution is 7.17. The Morgan fingerprint density at radius 3 is 2.59 bits per heavy atom. The molecule has 166 valence electrons. The molecule has 4 rings (SSSR count). The number of ether oxygens (including phenoxy) is 1. The molecule has 0 unspecified atom stereocenters. The molecule has 0 fully saturated rings. The van der Waals surface area contributed by atoms with Crippen molar-refractivity contribution >= 4 is 33.3 Å². The lowest BCUT2D eigenvalue weighted by Crippen LogP contribution is -2.25. The quantitative estimate of drug-likeness (QED) is 0.438. The van der Waals surface area contributed by atoms with Crippen LogP contribution in [-0.4, -0.2) is 50.6 Å². The van der Waals surface area contributed by atoms with Crippen molar-refractivity contribution in [1.29, 1.82) is 0 Å². The van der Waals surface area contributed by atoms with Gasteiger partial charge in [0.15, 0.2) is 5.82 Å². The minimum Gasteiger partial charge on any atom is -0.383 e. The fourth-order valence-corrected chi connectivity index (χ4v) is 3.75. The molecule has 0 bridgehead atoms. The van der Waals surface area contributed by atoms with Crippen molar-refractivity contribution in [2.75, 3.05) is 25.5 Å². The summed E-state index contributed by atoms with van der Waals surface area (Å²) >= 11 is 1.36. The van der Waals surface area contributed by atoms with Gasteiger partial charge in [-0.15, -0.1) is 11.3 Å². The number of aromatic nitrogens is 5. The maximum Gasteiger partial charge on any atom is 0.252 e. The van der Waals surface area contributed by atoms with E-state index in [4.69, 9.17) is 10.5 Å². The van der Waals surface area contributed by atoms with Crippen molar-refractivity contribution in [2.45, 2.75) is 20.3 Å². The summed E-state index contributed by atoms with van der Waals surface area (Å²) < 4.78 is 4.83. The molecule has 0 spiro atoms. The van der Waals surface area contributed by atoms with Crippen molar-refractivity contribution in [2.24, 2.45) is 0 Å². The Morgan fingerprint density at radius 1 is 1.16 bits per heavy atom. The smallest absolute Gasteiger partial charge is 0.252 e. The van der Waals surface area contributed by atoms with E-state index in [0.717, 1.165) is 18.8 Å². The molecule has 0 aromatic carbocycles. The van der Waals surface area contributed by atoms with Gasteiger partial charge in [0.05, 0.1) is 10.9 Å². The van der Waals surface area contributed by atoms with Crippen LogP contribution in [0.25, 0.3) is 21.7 Å². The lowest BCUT2D eigenvalue weighted by molar-refractivity contribution is 0.0956. The zero-order valence-electron chi connectivity index (χ0n) is 18.0. The summed E-state index contributed by atoms with van der Waals surface area (Å²) in [6, 6.07) is 5.49. The van der Waals surface area contributed by atoms with Crippen molar-refractivity contribution in [3.63, 3.8) is 0 Å². The topological polar surface area (TPSA) is 129 Å². The first kappa shape index (κ1) is 23.2. The van der Waals surface area contributed by atoms with Crippen LogP contribution in [0.15, 0.2) is 48.5 Å². The number of fused-ring (bicyclic) bond motifs is 1. The van der Waals surface area contributed by atoms with Gasteiger partial charge in [0, 0.05) is 43.7 Å². The molecule has 32 heavy (non-hydrogen) atoms. The van der Waals surface area contributed by atoms with Crippen LogP contribution < -0.4 is 11.1 Å². The molecule has 9 nitrogen and oxygen atoms in total. The predicted molar refractivity (Wildman–Crippen MR) is 125 cm³/mol. The number of rotatable bonds is 7. The molecule has 0 aliphatic rings. The third-order valence-corrected chi connectivity index (χ3v) is 5.19. The summed E-state index contributed by atoms with van der Waals surface area (Å²) in [7, 11) is 0.